The van der Waals surface area contributed by atoms with Crippen molar-refractivity contribution >= 4 is 34.1 Å². The molecule has 0 aliphatic heterocycles. The minimum Gasteiger partial charge on any atom is -0.258 e. The van der Waals surface area contributed by atoms with Gasteiger partial charge in [0, 0.05) is 17.9 Å². The summed E-state index contributed by atoms with van der Waals surface area (Å²) in [4.78, 5) is 64.2. The quantitative estimate of drug-likeness (QED) is 0.224. The monoisotopic (exact) mass is 524 g/mol. The molecule has 2 atom stereocenters. The molecule has 6 rings (SSSR count). The van der Waals surface area contributed by atoms with Crippen LogP contribution in [0.15, 0.2) is 36.4 Å². The minimum atomic E-state index is -1.77. The molecule has 0 amide bonds. The summed E-state index contributed by atoms with van der Waals surface area (Å²) < 4.78 is 0. The third-order valence-electron chi connectivity index (χ3n) is 6.61. The van der Waals surface area contributed by atoms with E-state index in [-0.39, 0.29) is 16.7 Å². The number of hydrogen-bond donors (Lipinski definition) is 0. The predicted molar refractivity (Wildman–Crippen MR) is 121 cm³/mol. The molecular formula is C20H8N6O12. The van der Waals surface area contributed by atoms with Gasteiger partial charge in [-0.2, -0.15) is 0 Å². The van der Waals surface area contributed by atoms with E-state index in [0.29, 0.717) is 0 Å². The highest BCUT2D eigenvalue weighted by molar-refractivity contribution is 5.89. The highest BCUT2D eigenvalue weighted by atomic mass is 16.7. The fourth-order valence-electron chi connectivity index (χ4n) is 5.51. The minimum absolute atomic E-state index is 0.0842. The van der Waals surface area contributed by atoms with Crippen LogP contribution in [0, 0.1) is 60.7 Å². The summed E-state index contributed by atoms with van der Waals surface area (Å²) in [6.07, 6.45) is 0. The van der Waals surface area contributed by atoms with E-state index >= 15 is 0 Å². The van der Waals surface area contributed by atoms with Crippen LogP contribution in [0.2, 0.25) is 0 Å². The van der Waals surface area contributed by atoms with Gasteiger partial charge in [-0.3, -0.25) is 60.7 Å². The Morgan fingerprint density at radius 1 is 0.421 bits per heavy atom. The molecule has 190 valence electrons. The normalized spacial score (nSPS) is 16.1. The molecule has 2 bridgehead atoms. The van der Waals surface area contributed by atoms with Gasteiger partial charge in [-0.1, -0.05) is 30.3 Å². The second kappa shape index (κ2) is 7.78. The zero-order valence-corrected chi connectivity index (χ0v) is 18.2. The largest absolute Gasteiger partial charge is 0.430 e. The van der Waals surface area contributed by atoms with Crippen LogP contribution in [-0.4, -0.2) is 29.5 Å². The van der Waals surface area contributed by atoms with Crippen LogP contribution in [0.4, 0.5) is 34.1 Å². The molecule has 0 saturated heterocycles. The Kier molecular flexibility index (Phi) is 4.87. The van der Waals surface area contributed by atoms with E-state index < -0.39 is 92.2 Å². The van der Waals surface area contributed by atoms with Gasteiger partial charge in [-0.05, 0) is 16.7 Å². The first-order valence-electron chi connectivity index (χ1n) is 10.3. The van der Waals surface area contributed by atoms with Gasteiger partial charge in [-0.25, -0.2) is 0 Å². The Morgan fingerprint density at radius 2 is 0.842 bits per heavy atom. The molecule has 0 aromatic heterocycles. The first-order chi connectivity index (χ1) is 17.9. The number of benzene rings is 3. The molecule has 18 heteroatoms. The van der Waals surface area contributed by atoms with E-state index in [1.165, 1.54) is 24.3 Å². The number of nitro benzene ring substituents is 6. The Morgan fingerprint density at radius 3 is 1.26 bits per heavy atom. The van der Waals surface area contributed by atoms with Crippen molar-refractivity contribution in [1.82, 2.24) is 0 Å². The molecule has 0 radical (unpaired) electrons. The number of nitrogens with zero attached hydrogens (tertiary/aromatic N) is 6. The molecule has 3 aliphatic rings. The van der Waals surface area contributed by atoms with Gasteiger partial charge >= 0.3 is 34.1 Å². The third-order valence-corrected chi connectivity index (χ3v) is 6.61. The summed E-state index contributed by atoms with van der Waals surface area (Å²) >= 11 is 0. The summed E-state index contributed by atoms with van der Waals surface area (Å²) in [6.45, 7) is 0. The molecule has 3 aromatic carbocycles. The molecule has 2 unspecified atom stereocenters. The third kappa shape index (κ3) is 2.87. The standard InChI is InChI=1S/C20H8N6O12/c27-21(28)10-6-5-9-11-7-3-1-2-4-8(7)12(13(9)16(10)22(29)30)15-14(11)17(23(31)32)19(25(35)36)20(26(37)38)18(15)24(33)34/h1-6,11-12H. The summed E-state index contributed by atoms with van der Waals surface area (Å²) in [6, 6.07) is 7.60. The number of rotatable bonds is 6. The Bertz CT molecular complexity index is 1720. The van der Waals surface area contributed by atoms with Crippen LogP contribution >= 0.6 is 0 Å². The molecule has 38 heavy (non-hydrogen) atoms. The van der Waals surface area contributed by atoms with E-state index in [0.717, 1.165) is 12.1 Å². The van der Waals surface area contributed by atoms with Crippen LogP contribution in [0.3, 0.4) is 0 Å². The van der Waals surface area contributed by atoms with Gasteiger partial charge in [0.05, 0.1) is 46.2 Å². The van der Waals surface area contributed by atoms with E-state index in [4.69, 9.17) is 0 Å². The molecule has 0 spiro atoms. The maximum atomic E-state index is 12.2. The Labute approximate surface area is 206 Å². The van der Waals surface area contributed by atoms with E-state index in [1.807, 2.05) is 0 Å². The average molecular weight is 524 g/mol. The van der Waals surface area contributed by atoms with Crippen LogP contribution in [0.1, 0.15) is 45.2 Å². The van der Waals surface area contributed by atoms with E-state index in [9.17, 15) is 60.7 Å². The van der Waals surface area contributed by atoms with Crippen LogP contribution < -0.4 is 0 Å². The van der Waals surface area contributed by atoms with Crippen molar-refractivity contribution in [3.63, 3.8) is 0 Å². The Balaban J connectivity index is 2.11. The first kappa shape index (κ1) is 23.8. The predicted octanol–water partition coefficient (Wildman–Crippen LogP) is 4.12. The van der Waals surface area contributed by atoms with Crippen molar-refractivity contribution in [3.05, 3.63) is 130 Å². The average Bonchev–Trinajstić information content (AvgIpc) is 2.85. The summed E-state index contributed by atoms with van der Waals surface area (Å²) in [5.41, 5.74) is -9.86. The van der Waals surface area contributed by atoms with Gasteiger partial charge in [0.2, 0.25) is 0 Å². The summed E-state index contributed by atoms with van der Waals surface area (Å²) in [5, 5.41) is 71.9. The molecule has 3 aliphatic carbocycles. The zero-order chi connectivity index (χ0) is 27.8. The molecule has 0 N–H and O–H groups in total. The lowest BCUT2D eigenvalue weighted by Crippen LogP contribution is -2.31. The number of hydrogen-bond acceptors (Lipinski definition) is 12. The van der Waals surface area contributed by atoms with Crippen molar-refractivity contribution < 1.29 is 29.5 Å². The first-order valence-corrected chi connectivity index (χ1v) is 10.3. The smallest absolute Gasteiger partial charge is 0.258 e. The SMILES string of the molecule is O=[N+]([O-])c1ccc2c(c1[N+](=O)[O-])C1c3ccccc3C2c2c1c([N+](=O)[O-])c([N+](=O)[O-])c([N+](=O)[O-])c2[N+](=O)[O-]. The lowest BCUT2D eigenvalue weighted by Gasteiger charge is -2.40. The topological polar surface area (TPSA) is 259 Å². The molecule has 0 fully saturated rings. The van der Waals surface area contributed by atoms with Crippen molar-refractivity contribution in [2.45, 2.75) is 11.8 Å². The van der Waals surface area contributed by atoms with Crippen molar-refractivity contribution in [2.24, 2.45) is 0 Å². The lowest BCUT2D eigenvalue weighted by molar-refractivity contribution is -0.452. The van der Waals surface area contributed by atoms with Crippen molar-refractivity contribution in [3.8, 4) is 0 Å². The molecule has 0 heterocycles. The Hall–Kier alpha value is -5.94. The zero-order valence-electron chi connectivity index (χ0n) is 18.2. The fraction of sp³-hybridized carbons (Fsp3) is 0.100. The van der Waals surface area contributed by atoms with Crippen LogP contribution in [0.5, 0.6) is 0 Å². The second-order valence-electron chi connectivity index (χ2n) is 8.20. The maximum absolute atomic E-state index is 12.2. The van der Waals surface area contributed by atoms with Crippen molar-refractivity contribution in [2.75, 3.05) is 0 Å². The molecule has 3 aromatic rings. The van der Waals surface area contributed by atoms with E-state index in [1.54, 1.807) is 0 Å². The van der Waals surface area contributed by atoms with Crippen LogP contribution in [-0.2, 0) is 0 Å². The van der Waals surface area contributed by atoms with Gasteiger partial charge in [-0.15, -0.1) is 0 Å². The molecule has 0 saturated carbocycles. The van der Waals surface area contributed by atoms with Crippen molar-refractivity contribution in [1.29, 1.82) is 0 Å². The molecule has 18 nitrogen and oxygen atoms in total. The maximum Gasteiger partial charge on any atom is 0.430 e. The van der Waals surface area contributed by atoms with E-state index in [2.05, 4.69) is 0 Å². The van der Waals surface area contributed by atoms with Crippen LogP contribution in [0.25, 0.3) is 0 Å². The fourth-order valence-corrected chi connectivity index (χ4v) is 5.51. The van der Waals surface area contributed by atoms with Gasteiger partial charge in [0.25, 0.3) is 0 Å². The highest BCUT2D eigenvalue weighted by Gasteiger charge is 2.59. The van der Waals surface area contributed by atoms with Gasteiger partial charge in [0.15, 0.2) is 0 Å². The lowest BCUT2D eigenvalue weighted by atomic mass is 9.59. The van der Waals surface area contributed by atoms with Gasteiger partial charge < -0.3 is 0 Å². The summed E-state index contributed by atoms with van der Waals surface area (Å²) in [5.74, 6) is -3.17. The highest BCUT2D eigenvalue weighted by Crippen LogP contribution is 2.65. The summed E-state index contributed by atoms with van der Waals surface area (Å²) in [7, 11) is 0. The van der Waals surface area contributed by atoms with Gasteiger partial charge in [0.1, 0.15) is 0 Å². The molecular weight excluding hydrogens is 516 g/mol. The number of nitro groups is 6. The second-order valence-corrected chi connectivity index (χ2v) is 8.20.